The predicted molar refractivity (Wildman–Crippen MR) is 97.1 cm³/mol. The summed E-state index contributed by atoms with van der Waals surface area (Å²) in [4.78, 5) is 17.8. The van der Waals surface area contributed by atoms with E-state index in [0.717, 1.165) is 12.1 Å². The Kier molecular flexibility index (Phi) is 5.49. The minimum Gasteiger partial charge on any atom is -0.484 e. The van der Waals surface area contributed by atoms with Crippen molar-refractivity contribution in [1.29, 1.82) is 0 Å². The molecular formula is C18H13ClF2N2O2S. The molecule has 0 N–H and O–H groups in total. The van der Waals surface area contributed by atoms with Gasteiger partial charge in [0.2, 0.25) is 5.91 Å². The molecule has 0 aliphatic heterocycles. The van der Waals surface area contributed by atoms with E-state index in [1.165, 1.54) is 29.2 Å². The maximum Gasteiger partial charge on any atom is 0.230 e. The van der Waals surface area contributed by atoms with Crippen LogP contribution in [-0.2, 0) is 11.4 Å². The van der Waals surface area contributed by atoms with Gasteiger partial charge in [0.1, 0.15) is 12.4 Å². The first-order valence-electron chi connectivity index (χ1n) is 7.52. The first-order chi connectivity index (χ1) is 12.4. The number of anilines is 2. The number of halogens is 3. The summed E-state index contributed by atoms with van der Waals surface area (Å²) in [6.45, 7) is 1.41. The number of rotatable bonds is 5. The number of thiazole rings is 1. The second kappa shape index (κ2) is 7.80. The van der Waals surface area contributed by atoms with Gasteiger partial charge < -0.3 is 4.74 Å². The molecule has 0 saturated heterocycles. The van der Waals surface area contributed by atoms with Crippen molar-refractivity contribution in [2.75, 3.05) is 4.90 Å². The van der Waals surface area contributed by atoms with Gasteiger partial charge in [0.25, 0.3) is 0 Å². The van der Waals surface area contributed by atoms with Gasteiger partial charge in [0.15, 0.2) is 16.7 Å². The van der Waals surface area contributed by atoms with Crippen molar-refractivity contribution in [1.82, 2.24) is 4.98 Å². The maximum absolute atomic E-state index is 13.6. The predicted octanol–water partition coefficient (Wildman–Crippen LogP) is 5.34. The SMILES string of the molecule is CC(=O)N(c1cccc(Cl)c1)c1nc(COc2ccc(F)cc2F)cs1. The van der Waals surface area contributed by atoms with Gasteiger partial charge in [-0.2, -0.15) is 0 Å². The average molecular weight is 395 g/mol. The molecule has 0 atom stereocenters. The van der Waals surface area contributed by atoms with Gasteiger partial charge in [-0.15, -0.1) is 11.3 Å². The fourth-order valence-electron chi connectivity index (χ4n) is 2.25. The lowest BCUT2D eigenvalue weighted by atomic mass is 10.3. The van der Waals surface area contributed by atoms with E-state index in [9.17, 15) is 13.6 Å². The summed E-state index contributed by atoms with van der Waals surface area (Å²) in [6, 6.07) is 9.93. The summed E-state index contributed by atoms with van der Waals surface area (Å²) < 4.78 is 31.9. The minimum absolute atomic E-state index is 0.0135. The molecule has 26 heavy (non-hydrogen) atoms. The van der Waals surface area contributed by atoms with E-state index in [1.807, 2.05) is 0 Å². The van der Waals surface area contributed by atoms with Crippen molar-refractivity contribution in [2.24, 2.45) is 0 Å². The van der Waals surface area contributed by atoms with E-state index in [-0.39, 0.29) is 18.3 Å². The normalized spacial score (nSPS) is 10.6. The summed E-state index contributed by atoms with van der Waals surface area (Å²) in [5, 5.41) is 2.65. The van der Waals surface area contributed by atoms with Crippen molar-refractivity contribution >= 4 is 39.7 Å². The van der Waals surface area contributed by atoms with Crippen LogP contribution in [0.15, 0.2) is 47.8 Å². The van der Waals surface area contributed by atoms with Gasteiger partial charge in [-0.05, 0) is 30.3 Å². The van der Waals surface area contributed by atoms with Crippen LogP contribution in [0.25, 0.3) is 0 Å². The van der Waals surface area contributed by atoms with Gasteiger partial charge in [0, 0.05) is 23.4 Å². The molecule has 4 nitrogen and oxygen atoms in total. The Balaban J connectivity index is 1.78. The zero-order valence-corrected chi connectivity index (χ0v) is 15.2. The summed E-state index contributed by atoms with van der Waals surface area (Å²) >= 11 is 7.24. The van der Waals surface area contributed by atoms with Crippen LogP contribution in [0.4, 0.5) is 19.6 Å². The van der Waals surface area contributed by atoms with Crippen LogP contribution in [0.3, 0.4) is 0 Å². The number of nitrogens with zero attached hydrogens (tertiary/aromatic N) is 2. The molecule has 0 bridgehead atoms. The number of ether oxygens (including phenoxy) is 1. The number of carbonyl (C=O) groups is 1. The summed E-state index contributed by atoms with van der Waals surface area (Å²) in [5.41, 5.74) is 1.11. The fourth-order valence-corrected chi connectivity index (χ4v) is 3.31. The Morgan fingerprint density at radius 1 is 1.27 bits per heavy atom. The highest BCUT2D eigenvalue weighted by atomic mass is 35.5. The number of benzene rings is 2. The standard InChI is InChI=1S/C18H13ClF2N2O2S/c1-11(24)23(15-4-2-3-12(19)7-15)18-22-14(10-26-18)9-25-17-6-5-13(20)8-16(17)21/h2-8,10H,9H2,1H3. The van der Waals surface area contributed by atoms with E-state index >= 15 is 0 Å². The first kappa shape index (κ1) is 18.3. The number of hydrogen-bond acceptors (Lipinski definition) is 4. The highest BCUT2D eigenvalue weighted by Gasteiger charge is 2.18. The molecule has 8 heteroatoms. The molecular weight excluding hydrogens is 382 g/mol. The van der Waals surface area contributed by atoms with Crippen LogP contribution in [0.1, 0.15) is 12.6 Å². The van der Waals surface area contributed by atoms with Crippen molar-refractivity contribution in [3.05, 3.63) is 70.2 Å². The topological polar surface area (TPSA) is 42.4 Å². The van der Waals surface area contributed by atoms with E-state index < -0.39 is 11.6 Å². The lowest BCUT2D eigenvalue weighted by Crippen LogP contribution is -2.22. The first-order valence-corrected chi connectivity index (χ1v) is 8.78. The second-order valence-corrected chi connectivity index (χ2v) is 6.59. The zero-order chi connectivity index (χ0) is 18.7. The molecule has 0 fully saturated rings. The van der Waals surface area contributed by atoms with Gasteiger partial charge in [-0.25, -0.2) is 13.8 Å². The summed E-state index contributed by atoms with van der Waals surface area (Å²) in [6.07, 6.45) is 0. The monoisotopic (exact) mass is 394 g/mol. The molecule has 0 aliphatic carbocycles. The summed E-state index contributed by atoms with van der Waals surface area (Å²) in [5.74, 6) is -1.76. The van der Waals surface area contributed by atoms with Gasteiger partial charge >= 0.3 is 0 Å². The number of carbonyl (C=O) groups excluding carboxylic acids is 1. The van der Waals surface area contributed by atoms with Crippen molar-refractivity contribution < 1.29 is 18.3 Å². The third-order valence-corrected chi connectivity index (χ3v) is 4.49. The number of hydrogen-bond donors (Lipinski definition) is 0. The van der Waals surface area contributed by atoms with E-state index in [1.54, 1.807) is 29.6 Å². The third kappa shape index (κ3) is 4.17. The van der Waals surface area contributed by atoms with E-state index in [0.29, 0.717) is 21.5 Å². The molecule has 1 amide bonds. The maximum atomic E-state index is 13.6. The molecule has 0 radical (unpaired) electrons. The van der Waals surface area contributed by atoms with Crippen LogP contribution in [0, 0.1) is 11.6 Å². The minimum atomic E-state index is -0.787. The number of aromatic nitrogens is 1. The Bertz CT molecular complexity index is 948. The quantitative estimate of drug-likeness (QED) is 0.586. The summed E-state index contributed by atoms with van der Waals surface area (Å²) in [7, 11) is 0. The van der Waals surface area contributed by atoms with Gasteiger partial charge in [-0.1, -0.05) is 17.7 Å². The molecule has 3 aromatic rings. The molecule has 134 valence electrons. The Hall–Kier alpha value is -2.51. The largest absolute Gasteiger partial charge is 0.484 e. The van der Waals surface area contributed by atoms with Gasteiger partial charge in [0.05, 0.1) is 11.4 Å². The molecule has 0 aliphatic rings. The smallest absolute Gasteiger partial charge is 0.230 e. The molecule has 0 unspecified atom stereocenters. The van der Waals surface area contributed by atoms with Gasteiger partial charge in [-0.3, -0.25) is 9.69 Å². The highest BCUT2D eigenvalue weighted by molar-refractivity contribution is 7.14. The lowest BCUT2D eigenvalue weighted by molar-refractivity contribution is -0.115. The van der Waals surface area contributed by atoms with Crippen LogP contribution in [0.2, 0.25) is 5.02 Å². The molecule has 0 saturated carbocycles. The molecule has 1 aromatic heterocycles. The van der Waals surface area contributed by atoms with Crippen molar-refractivity contribution in [3.8, 4) is 5.75 Å². The number of amides is 1. The van der Waals surface area contributed by atoms with E-state index in [4.69, 9.17) is 16.3 Å². The van der Waals surface area contributed by atoms with Crippen LogP contribution in [0.5, 0.6) is 5.75 Å². The molecule has 0 spiro atoms. The van der Waals surface area contributed by atoms with Crippen LogP contribution >= 0.6 is 22.9 Å². The van der Waals surface area contributed by atoms with Crippen molar-refractivity contribution in [2.45, 2.75) is 13.5 Å². The average Bonchev–Trinajstić information content (AvgIpc) is 3.02. The molecule has 3 rings (SSSR count). The Labute approximate surface area is 157 Å². The van der Waals surface area contributed by atoms with E-state index in [2.05, 4.69) is 4.98 Å². The lowest BCUT2D eigenvalue weighted by Gasteiger charge is -2.18. The zero-order valence-electron chi connectivity index (χ0n) is 13.6. The van der Waals surface area contributed by atoms with Crippen LogP contribution < -0.4 is 9.64 Å². The molecule has 2 aromatic carbocycles. The van der Waals surface area contributed by atoms with Crippen molar-refractivity contribution in [3.63, 3.8) is 0 Å². The highest BCUT2D eigenvalue weighted by Crippen LogP contribution is 2.31. The Morgan fingerprint density at radius 3 is 2.77 bits per heavy atom. The van der Waals surface area contributed by atoms with Crippen LogP contribution in [-0.4, -0.2) is 10.9 Å². The third-order valence-electron chi connectivity index (χ3n) is 3.38. The second-order valence-electron chi connectivity index (χ2n) is 5.32. The molecule has 1 heterocycles. The fraction of sp³-hybridized carbons (Fsp3) is 0.111. The Morgan fingerprint density at radius 2 is 2.08 bits per heavy atom.